The largest absolute Gasteiger partial charge is 0.468 e. The summed E-state index contributed by atoms with van der Waals surface area (Å²) in [6.07, 6.45) is 2.75. The minimum atomic E-state index is -0.578. The van der Waals surface area contributed by atoms with Gasteiger partial charge in [0.2, 0.25) is 0 Å². The van der Waals surface area contributed by atoms with Gasteiger partial charge in [0.15, 0.2) is 0 Å². The summed E-state index contributed by atoms with van der Waals surface area (Å²) >= 11 is 0. The van der Waals surface area contributed by atoms with Gasteiger partial charge in [-0.25, -0.2) is 4.98 Å². The SMILES string of the molecule is COC(=O)CN(C)C(=O)c1cnc2ccccn2c1=O. The molecular weight excluding hydrogens is 262 g/mol. The molecule has 7 heteroatoms. The van der Waals surface area contributed by atoms with E-state index in [9.17, 15) is 14.4 Å². The number of amides is 1. The highest BCUT2D eigenvalue weighted by molar-refractivity contribution is 5.95. The third-order valence-electron chi connectivity index (χ3n) is 2.78. The molecule has 2 aromatic rings. The maximum Gasteiger partial charge on any atom is 0.325 e. The summed E-state index contributed by atoms with van der Waals surface area (Å²) in [6, 6.07) is 5.07. The highest BCUT2D eigenvalue weighted by atomic mass is 16.5. The lowest BCUT2D eigenvalue weighted by Crippen LogP contribution is -2.36. The van der Waals surface area contributed by atoms with Gasteiger partial charge in [0.25, 0.3) is 11.5 Å². The predicted octanol–water partition coefficient (Wildman–Crippen LogP) is -0.0605. The molecule has 2 rings (SSSR count). The number of likely N-dealkylation sites (N-methyl/N-ethyl adjacent to an activating group) is 1. The number of carbonyl (C=O) groups excluding carboxylic acids is 2. The van der Waals surface area contributed by atoms with Crippen LogP contribution in [0.5, 0.6) is 0 Å². The van der Waals surface area contributed by atoms with Crippen LogP contribution in [0.3, 0.4) is 0 Å². The van der Waals surface area contributed by atoms with Crippen LogP contribution in [0.25, 0.3) is 5.65 Å². The van der Waals surface area contributed by atoms with Gasteiger partial charge < -0.3 is 9.64 Å². The predicted molar refractivity (Wildman–Crippen MR) is 70.4 cm³/mol. The summed E-state index contributed by atoms with van der Waals surface area (Å²) in [5, 5.41) is 0. The average molecular weight is 275 g/mol. The molecule has 0 saturated heterocycles. The van der Waals surface area contributed by atoms with Crippen molar-refractivity contribution in [2.24, 2.45) is 0 Å². The van der Waals surface area contributed by atoms with Crippen molar-refractivity contribution < 1.29 is 14.3 Å². The number of aromatic nitrogens is 2. The van der Waals surface area contributed by atoms with E-state index >= 15 is 0 Å². The van der Waals surface area contributed by atoms with E-state index in [0.29, 0.717) is 5.65 Å². The Morgan fingerprint density at radius 2 is 2.15 bits per heavy atom. The van der Waals surface area contributed by atoms with Gasteiger partial charge in [-0.15, -0.1) is 0 Å². The summed E-state index contributed by atoms with van der Waals surface area (Å²) in [6.45, 7) is -0.230. The van der Waals surface area contributed by atoms with Crippen LogP contribution in [0.1, 0.15) is 10.4 Å². The van der Waals surface area contributed by atoms with Crippen molar-refractivity contribution in [1.82, 2.24) is 14.3 Å². The van der Waals surface area contributed by atoms with E-state index in [1.54, 1.807) is 18.2 Å². The fraction of sp³-hybridized carbons (Fsp3) is 0.231. The third kappa shape index (κ3) is 2.51. The molecule has 0 atom stereocenters. The van der Waals surface area contributed by atoms with Crippen LogP contribution in [0.4, 0.5) is 0 Å². The molecule has 0 fully saturated rings. The molecule has 0 aliphatic heterocycles. The first-order valence-corrected chi connectivity index (χ1v) is 5.83. The molecule has 0 aromatic carbocycles. The van der Waals surface area contributed by atoms with E-state index in [2.05, 4.69) is 9.72 Å². The Morgan fingerprint density at radius 1 is 1.40 bits per heavy atom. The Bertz CT molecular complexity index is 723. The normalized spacial score (nSPS) is 10.3. The minimum absolute atomic E-state index is 0.0971. The van der Waals surface area contributed by atoms with E-state index in [1.165, 1.54) is 31.0 Å². The molecule has 0 saturated carbocycles. The van der Waals surface area contributed by atoms with Gasteiger partial charge in [-0.1, -0.05) is 6.07 Å². The van der Waals surface area contributed by atoms with Gasteiger partial charge in [-0.05, 0) is 12.1 Å². The van der Waals surface area contributed by atoms with Crippen molar-refractivity contribution in [2.75, 3.05) is 20.7 Å². The van der Waals surface area contributed by atoms with Gasteiger partial charge in [0, 0.05) is 19.4 Å². The quantitative estimate of drug-likeness (QED) is 0.733. The molecule has 104 valence electrons. The van der Waals surface area contributed by atoms with Crippen molar-refractivity contribution in [2.45, 2.75) is 0 Å². The molecule has 2 heterocycles. The molecule has 0 spiro atoms. The number of methoxy groups -OCH3 is 1. The lowest BCUT2D eigenvalue weighted by Gasteiger charge is -2.15. The Kier molecular flexibility index (Phi) is 3.79. The fourth-order valence-electron chi connectivity index (χ4n) is 1.71. The highest BCUT2D eigenvalue weighted by Gasteiger charge is 2.19. The molecule has 0 unspecified atom stereocenters. The van der Waals surface area contributed by atoms with Crippen molar-refractivity contribution in [3.05, 3.63) is 46.5 Å². The number of pyridine rings is 1. The number of ether oxygens (including phenoxy) is 1. The number of fused-ring (bicyclic) bond motifs is 1. The van der Waals surface area contributed by atoms with Crippen LogP contribution < -0.4 is 5.56 Å². The number of hydrogen-bond donors (Lipinski definition) is 0. The number of esters is 1. The summed E-state index contributed by atoms with van der Waals surface area (Å²) < 4.78 is 5.75. The molecule has 1 amide bonds. The van der Waals surface area contributed by atoms with Crippen LogP contribution in [0, 0.1) is 0 Å². The van der Waals surface area contributed by atoms with Crippen molar-refractivity contribution >= 4 is 17.5 Å². The Balaban J connectivity index is 2.38. The maximum atomic E-state index is 12.2. The molecule has 7 nitrogen and oxygen atoms in total. The molecule has 0 aliphatic carbocycles. The molecule has 2 aromatic heterocycles. The van der Waals surface area contributed by atoms with Crippen LogP contribution >= 0.6 is 0 Å². The topological polar surface area (TPSA) is 81.0 Å². The maximum absolute atomic E-state index is 12.2. The molecule has 0 bridgehead atoms. The standard InChI is InChI=1S/C13H13N3O4/c1-15(8-11(17)20-2)12(18)9-7-14-10-5-3-4-6-16(10)13(9)19/h3-7H,8H2,1-2H3. The second kappa shape index (κ2) is 5.52. The van der Waals surface area contributed by atoms with Crippen molar-refractivity contribution in [1.29, 1.82) is 0 Å². The van der Waals surface area contributed by atoms with Gasteiger partial charge in [-0.2, -0.15) is 0 Å². The average Bonchev–Trinajstić information content (AvgIpc) is 2.47. The Hall–Kier alpha value is -2.70. The molecule has 0 radical (unpaired) electrons. The van der Waals surface area contributed by atoms with Gasteiger partial charge >= 0.3 is 5.97 Å². The zero-order chi connectivity index (χ0) is 14.7. The smallest absolute Gasteiger partial charge is 0.325 e. The molecule has 0 aliphatic rings. The van der Waals surface area contributed by atoms with Crippen molar-refractivity contribution in [3.63, 3.8) is 0 Å². The van der Waals surface area contributed by atoms with E-state index in [0.717, 1.165) is 4.90 Å². The van der Waals surface area contributed by atoms with Gasteiger partial charge in [0.1, 0.15) is 17.8 Å². The fourth-order valence-corrected chi connectivity index (χ4v) is 1.71. The molecule has 0 N–H and O–H groups in total. The Morgan fingerprint density at radius 3 is 2.85 bits per heavy atom. The lowest BCUT2D eigenvalue weighted by molar-refractivity contribution is -0.141. The first kappa shape index (κ1) is 13.7. The summed E-state index contributed by atoms with van der Waals surface area (Å²) in [5.41, 5.74) is -0.123. The van der Waals surface area contributed by atoms with E-state index in [4.69, 9.17) is 0 Å². The van der Waals surface area contributed by atoms with Crippen molar-refractivity contribution in [3.8, 4) is 0 Å². The van der Waals surface area contributed by atoms with Crippen LogP contribution in [-0.4, -0.2) is 46.9 Å². The monoisotopic (exact) mass is 275 g/mol. The van der Waals surface area contributed by atoms with Gasteiger partial charge in [0.05, 0.1) is 7.11 Å². The summed E-state index contributed by atoms with van der Waals surface area (Å²) in [4.78, 5) is 40.6. The zero-order valence-corrected chi connectivity index (χ0v) is 11.1. The molecule has 20 heavy (non-hydrogen) atoms. The highest BCUT2D eigenvalue weighted by Crippen LogP contribution is 2.01. The first-order chi connectivity index (χ1) is 9.54. The van der Waals surface area contributed by atoms with Crippen LogP contribution in [0.2, 0.25) is 0 Å². The second-order valence-electron chi connectivity index (χ2n) is 4.14. The zero-order valence-electron chi connectivity index (χ0n) is 11.1. The molecular formula is C13H13N3O4. The van der Waals surface area contributed by atoms with E-state index < -0.39 is 17.4 Å². The number of rotatable bonds is 3. The second-order valence-corrected chi connectivity index (χ2v) is 4.14. The van der Waals surface area contributed by atoms with Crippen LogP contribution in [0.15, 0.2) is 35.4 Å². The number of carbonyl (C=O) groups is 2. The number of hydrogen-bond acceptors (Lipinski definition) is 5. The lowest BCUT2D eigenvalue weighted by atomic mass is 10.3. The van der Waals surface area contributed by atoms with Gasteiger partial charge in [-0.3, -0.25) is 18.8 Å². The first-order valence-electron chi connectivity index (χ1n) is 5.83. The van der Waals surface area contributed by atoms with E-state index in [1.807, 2.05) is 0 Å². The summed E-state index contributed by atoms with van der Waals surface area (Å²) in [5.74, 6) is -1.14. The summed E-state index contributed by atoms with van der Waals surface area (Å²) in [7, 11) is 2.64. The van der Waals surface area contributed by atoms with Crippen LogP contribution in [-0.2, 0) is 9.53 Å². The number of nitrogens with zero attached hydrogens (tertiary/aromatic N) is 3. The van der Waals surface area contributed by atoms with E-state index in [-0.39, 0.29) is 12.1 Å². The third-order valence-corrected chi connectivity index (χ3v) is 2.78. The minimum Gasteiger partial charge on any atom is -0.468 e. The Labute approximate surface area is 114 Å².